The predicted octanol–water partition coefficient (Wildman–Crippen LogP) is 2.79. The molecule has 22 heavy (non-hydrogen) atoms. The van der Waals surface area contributed by atoms with Crippen LogP contribution in [0.15, 0.2) is 0 Å². The van der Waals surface area contributed by atoms with Crippen LogP contribution in [0, 0.1) is 12.8 Å². The van der Waals surface area contributed by atoms with E-state index in [1.165, 1.54) is 12.8 Å². The van der Waals surface area contributed by atoms with Gasteiger partial charge in [-0.3, -0.25) is 0 Å². The molecule has 5 nitrogen and oxygen atoms in total. The number of anilines is 1. The van der Waals surface area contributed by atoms with Crippen LogP contribution in [-0.2, 0) is 9.47 Å². The Kier molecular flexibility index (Phi) is 3.86. The number of hydrogen-bond acceptors (Lipinski definition) is 6. The zero-order valence-corrected chi connectivity index (χ0v) is 14.3. The zero-order chi connectivity index (χ0) is 15.2. The molecule has 2 aliphatic carbocycles. The van der Waals surface area contributed by atoms with Crippen molar-refractivity contribution in [2.24, 2.45) is 5.92 Å². The van der Waals surface area contributed by atoms with E-state index >= 15 is 0 Å². The van der Waals surface area contributed by atoms with E-state index in [0.717, 1.165) is 54.9 Å². The van der Waals surface area contributed by atoms with Crippen molar-refractivity contribution in [3.63, 3.8) is 0 Å². The highest BCUT2D eigenvalue weighted by Crippen LogP contribution is 2.45. The molecule has 3 atom stereocenters. The van der Waals surface area contributed by atoms with Crippen molar-refractivity contribution in [2.75, 3.05) is 25.2 Å². The molecule has 1 aromatic heterocycles. The van der Waals surface area contributed by atoms with Gasteiger partial charge in [-0.25, -0.2) is 0 Å². The summed E-state index contributed by atoms with van der Waals surface area (Å²) in [4.78, 5) is 2.42. The number of ether oxygens (including phenoxy) is 2. The van der Waals surface area contributed by atoms with Gasteiger partial charge in [0.2, 0.25) is 5.13 Å². The maximum Gasteiger partial charge on any atom is 0.208 e. The topological polar surface area (TPSA) is 47.5 Å². The molecule has 2 heterocycles. The number of fused-ring (bicyclic) bond motifs is 1. The quantitative estimate of drug-likeness (QED) is 0.834. The molecule has 3 aliphatic rings. The summed E-state index contributed by atoms with van der Waals surface area (Å²) in [6, 6.07) is 0.378. The molecule has 122 valence electrons. The molecule has 0 N–H and O–H groups in total. The molecular formula is C16H25N3O2S. The van der Waals surface area contributed by atoms with Gasteiger partial charge in [0.15, 0.2) is 0 Å². The number of nitrogens with zero attached hydrogens (tertiary/aromatic N) is 3. The van der Waals surface area contributed by atoms with Crippen molar-refractivity contribution < 1.29 is 9.47 Å². The monoisotopic (exact) mass is 323 g/mol. The van der Waals surface area contributed by atoms with Crippen molar-refractivity contribution in [3.8, 4) is 0 Å². The third-order valence-electron chi connectivity index (χ3n) is 5.57. The van der Waals surface area contributed by atoms with E-state index < -0.39 is 0 Å². The van der Waals surface area contributed by atoms with Crippen LogP contribution in [0.5, 0.6) is 0 Å². The minimum Gasteiger partial charge on any atom is -0.378 e. The summed E-state index contributed by atoms with van der Waals surface area (Å²) in [7, 11) is 1.87. The molecule has 0 aromatic carbocycles. The summed E-state index contributed by atoms with van der Waals surface area (Å²) >= 11 is 1.69. The van der Waals surface area contributed by atoms with E-state index in [4.69, 9.17) is 9.47 Å². The fourth-order valence-electron chi connectivity index (χ4n) is 4.00. The smallest absolute Gasteiger partial charge is 0.208 e. The molecular weight excluding hydrogens is 298 g/mol. The highest BCUT2D eigenvalue weighted by Gasteiger charge is 2.52. The van der Waals surface area contributed by atoms with Crippen molar-refractivity contribution in [1.82, 2.24) is 10.2 Å². The third-order valence-corrected chi connectivity index (χ3v) is 6.44. The Morgan fingerprint density at radius 2 is 2.14 bits per heavy atom. The van der Waals surface area contributed by atoms with Crippen LogP contribution in [-0.4, -0.2) is 48.2 Å². The number of rotatable bonds is 5. The van der Waals surface area contributed by atoms with Crippen LogP contribution in [0.4, 0.5) is 5.13 Å². The second kappa shape index (κ2) is 5.73. The zero-order valence-electron chi connectivity index (χ0n) is 13.5. The Bertz CT molecular complexity index is 533. The van der Waals surface area contributed by atoms with E-state index in [9.17, 15) is 0 Å². The summed E-state index contributed by atoms with van der Waals surface area (Å²) in [5.41, 5.74) is -0.0149. The van der Waals surface area contributed by atoms with E-state index in [1.807, 2.05) is 14.0 Å². The average molecular weight is 323 g/mol. The molecule has 1 saturated heterocycles. The number of aromatic nitrogens is 2. The molecule has 1 aromatic rings. The maximum absolute atomic E-state index is 6.18. The van der Waals surface area contributed by atoms with Crippen LogP contribution >= 0.6 is 11.3 Å². The molecule has 0 amide bonds. The Morgan fingerprint density at radius 1 is 1.27 bits per heavy atom. The number of aryl methyl sites for hydroxylation is 1. The summed E-state index contributed by atoms with van der Waals surface area (Å²) in [6.45, 7) is 3.99. The SMILES string of the molecule is CO[C@@]12CC[C@@H](OCC3CC3)C[C@@H]1N(c1nnc(C)s1)CC2. The highest BCUT2D eigenvalue weighted by atomic mass is 32.1. The van der Waals surface area contributed by atoms with Crippen molar-refractivity contribution in [3.05, 3.63) is 5.01 Å². The van der Waals surface area contributed by atoms with Gasteiger partial charge in [-0.2, -0.15) is 0 Å². The van der Waals surface area contributed by atoms with Gasteiger partial charge in [-0.1, -0.05) is 11.3 Å². The lowest BCUT2D eigenvalue weighted by atomic mass is 9.79. The minimum absolute atomic E-state index is 0.0149. The molecule has 2 saturated carbocycles. The molecule has 4 rings (SSSR count). The van der Waals surface area contributed by atoms with E-state index in [0.29, 0.717) is 12.1 Å². The van der Waals surface area contributed by atoms with Gasteiger partial charge in [-0.05, 0) is 51.4 Å². The average Bonchev–Trinajstić information content (AvgIpc) is 3.15. The van der Waals surface area contributed by atoms with Crippen molar-refractivity contribution in [1.29, 1.82) is 0 Å². The Balaban J connectivity index is 1.49. The number of methoxy groups -OCH3 is 1. The van der Waals surface area contributed by atoms with Crippen LogP contribution < -0.4 is 4.90 Å². The summed E-state index contributed by atoms with van der Waals surface area (Å²) in [5.74, 6) is 0.833. The van der Waals surface area contributed by atoms with E-state index in [-0.39, 0.29) is 5.60 Å². The van der Waals surface area contributed by atoms with Gasteiger partial charge in [0, 0.05) is 20.3 Å². The Labute approximate surface area is 136 Å². The first kappa shape index (κ1) is 14.8. The fraction of sp³-hybridized carbons (Fsp3) is 0.875. The van der Waals surface area contributed by atoms with E-state index in [1.54, 1.807) is 11.3 Å². The first-order valence-electron chi connectivity index (χ1n) is 8.44. The first-order valence-corrected chi connectivity index (χ1v) is 9.25. The van der Waals surface area contributed by atoms with Gasteiger partial charge in [0.1, 0.15) is 5.01 Å². The molecule has 0 spiro atoms. The third kappa shape index (κ3) is 2.65. The second-order valence-electron chi connectivity index (χ2n) is 7.00. The second-order valence-corrected chi connectivity index (χ2v) is 8.16. The Morgan fingerprint density at radius 3 is 2.82 bits per heavy atom. The van der Waals surface area contributed by atoms with E-state index in [2.05, 4.69) is 15.1 Å². The Hall–Kier alpha value is -0.720. The van der Waals surface area contributed by atoms with Crippen LogP contribution in [0.3, 0.4) is 0 Å². The standard InChI is InChI=1S/C16H25N3O2S/c1-11-17-18-15(22-11)19-8-7-16(20-2)6-5-13(9-14(16)19)21-10-12-3-4-12/h12-14H,3-10H2,1-2H3/t13-,14+,16-/m1/s1. The van der Waals surface area contributed by atoms with Gasteiger partial charge in [0.05, 0.1) is 17.7 Å². The first-order chi connectivity index (χ1) is 10.7. The minimum atomic E-state index is -0.0149. The predicted molar refractivity (Wildman–Crippen MR) is 86.5 cm³/mol. The fourth-order valence-corrected chi connectivity index (χ4v) is 4.76. The lowest BCUT2D eigenvalue weighted by molar-refractivity contribution is -0.0816. The van der Waals surface area contributed by atoms with Gasteiger partial charge in [-0.15, -0.1) is 10.2 Å². The molecule has 0 unspecified atom stereocenters. The summed E-state index contributed by atoms with van der Waals surface area (Å²) in [5, 5.41) is 10.6. The normalized spacial score (nSPS) is 34.9. The highest BCUT2D eigenvalue weighted by molar-refractivity contribution is 7.15. The molecule has 0 radical (unpaired) electrons. The van der Waals surface area contributed by atoms with Crippen LogP contribution in [0.1, 0.15) is 43.5 Å². The molecule has 0 bridgehead atoms. The summed E-state index contributed by atoms with van der Waals surface area (Å²) in [6.07, 6.45) is 7.45. The maximum atomic E-state index is 6.18. The van der Waals surface area contributed by atoms with Crippen molar-refractivity contribution >= 4 is 16.5 Å². The number of hydrogen-bond donors (Lipinski definition) is 0. The van der Waals surface area contributed by atoms with Gasteiger partial charge in [0.25, 0.3) is 0 Å². The van der Waals surface area contributed by atoms with Crippen LogP contribution in [0.2, 0.25) is 0 Å². The summed E-state index contributed by atoms with van der Waals surface area (Å²) < 4.78 is 12.2. The molecule has 3 fully saturated rings. The lowest BCUT2D eigenvalue weighted by Gasteiger charge is -2.43. The lowest BCUT2D eigenvalue weighted by Crippen LogP contribution is -2.52. The molecule has 6 heteroatoms. The van der Waals surface area contributed by atoms with Gasteiger partial charge >= 0.3 is 0 Å². The van der Waals surface area contributed by atoms with Crippen LogP contribution in [0.25, 0.3) is 0 Å². The molecule has 1 aliphatic heterocycles. The van der Waals surface area contributed by atoms with Gasteiger partial charge < -0.3 is 14.4 Å². The largest absolute Gasteiger partial charge is 0.378 e. The van der Waals surface area contributed by atoms with Crippen molar-refractivity contribution in [2.45, 2.75) is 63.2 Å².